The van der Waals surface area contributed by atoms with Crippen molar-refractivity contribution in [3.05, 3.63) is 4.73 Å². The van der Waals surface area contributed by atoms with E-state index in [2.05, 4.69) is 26.0 Å². The summed E-state index contributed by atoms with van der Waals surface area (Å²) in [6.45, 7) is 1.37. The smallest absolute Gasteiger partial charge is 0.240 e. The lowest BCUT2D eigenvalue weighted by Gasteiger charge is -2.02. The second kappa shape index (κ2) is 3.63. The highest BCUT2D eigenvalue weighted by Crippen LogP contribution is 2.23. The van der Waals surface area contributed by atoms with Crippen molar-refractivity contribution in [2.24, 2.45) is 0 Å². The third-order valence-electron chi connectivity index (χ3n) is 1.82. The Bertz CT molecular complexity index is 297. The summed E-state index contributed by atoms with van der Waals surface area (Å²) in [5.41, 5.74) is 5.41. The highest BCUT2D eigenvalue weighted by atomic mass is 79.9. The summed E-state index contributed by atoms with van der Waals surface area (Å²) < 4.78 is 7.82. The summed E-state index contributed by atoms with van der Waals surface area (Å²) in [6, 6.07) is 0. The van der Waals surface area contributed by atoms with Gasteiger partial charge in [-0.3, -0.25) is 0 Å². The van der Waals surface area contributed by atoms with Crippen molar-refractivity contribution in [2.75, 3.05) is 12.3 Å². The highest BCUT2D eigenvalue weighted by Gasteiger charge is 2.21. The van der Waals surface area contributed by atoms with Gasteiger partial charge in [0.2, 0.25) is 5.95 Å². The maximum atomic E-state index is 5.47. The molecule has 1 aliphatic rings. The fourth-order valence-electron chi connectivity index (χ4n) is 1.02. The van der Waals surface area contributed by atoms with E-state index in [9.17, 15) is 0 Å². The Balaban J connectivity index is 1.81. The topological polar surface area (TPSA) is 66.0 Å². The number of anilines is 1. The Labute approximate surface area is 84.4 Å². The highest BCUT2D eigenvalue weighted by molar-refractivity contribution is 9.10. The predicted octanol–water partition coefficient (Wildman–Crippen LogP) is 0.802. The molecule has 0 saturated heterocycles. The first kappa shape index (κ1) is 8.96. The number of nitrogens with two attached hydrogens (primary N) is 1. The van der Waals surface area contributed by atoms with E-state index in [0.717, 1.165) is 0 Å². The number of hydrogen-bond donors (Lipinski definition) is 1. The molecule has 1 aromatic rings. The summed E-state index contributed by atoms with van der Waals surface area (Å²) in [4.78, 5) is 3.92. The zero-order valence-corrected chi connectivity index (χ0v) is 8.70. The molecule has 0 radical (unpaired) electrons. The third-order valence-corrected chi connectivity index (χ3v) is 2.41. The Morgan fingerprint density at radius 3 is 2.92 bits per heavy atom. The standard InChI is InChI=1S/C7H11BrN4O/c8-6-10-7(9)11-12(6)3-4-13-5-1-2-5/h5H,1-4H2,(H2,9,11). The molecule has 1 fully saturated rings. The van der Waals surface area contributed by atoms with Gasteiger partial charge in [0.25, 0.3) is 0 Å². The van der Waals surface area contributed by atoms with E-state index in [1.54, 1.807) is 4.68 Å². The summed E-state index contributed by atoms with van der Waals surface area (Å²) in [6.07, 6.45) is 2.88. The predicted molar refractivity (Wildman–Crippen MR) is 51.1 cm³/mol. The average molecular weight is 247 g/mol. The van der Waals surface area contributed by atoms with Gasteiger partial charge in [-0.2, -0.15) is 4.98 Å². The largest absolute Gasteiger partial charge is 0.376 e. The van der Waals surface area contributed by atoms with Gasteiger partial charge in [-0.25, -0.2) is 4.68 Å². The first-order valence-corrected chi connectivity index (χ1v) is 5.02. The number of nitrogen functional groups attached to an aromatic ring is 1. The van der Waals surface area contributed by atoms with Gasteiger partial charge in [0, 0.05) is 0 Å². The molecular formula is C7H11BrN4O. The molecule has 0 spiro atoms. The van der Waals surface area contributed by atoms with Crippen LogP contribution in [-0.2, 0) is 11.3 Å². The lowest BCUT2D eigenvalue weighted by Crippen LogP contribution is -2.08. The van der Waals surface area contributed by atoms with Crippen LogP contribution in [0.15, 0.2) is 4.73 Å². The quantitative estimate of drug-likeness (QED) is 0.854. The van der Waals surface area contributed by atoms with Crippen molar-refractivity contribution in [3.63, 3.8) is 0 Å². The lowest BCUT2D eigenvalue weighted by molar-refractivity contribution is 0.109. The third kappa shape index (κ3) is 2.41. The average Bonchev–Trinajstić information content (AvgIpc) is 2.81. The van der Waals surface area contributed by atoms with Crippen LogP contribution >= 0.6 is 15.9 Å². The molecule has 1 heterocycles. The van der Waals surface area contributed by atoms with Crippen LogP contribution in [0.1, 0.15) is 12.8 Å². The van der Waals surface area contributed by atoms with Crippen LogP contribution < -0.4 is 5.73 Å². The maximum Gasteiger partial charge on any atom is 0.240 e. The van der Waals surface area contributed by atoms with Gasteiger partial charge in [0.1, 0.15) is 0 Å². The maximum absolute atomic E-state index is 5.47. The molecule has 2 rings (SSSR count). The second-order valence-corrected chi connectivity index (χ2v) is 3.74. The van der Waals surface area contributed by atoms with Gasteiger partial charge in [-0.05, 0) is 28.8 Å². The molecule has 1 aliphatic carbocycles. The van der Waals surface area contributed by atoms with E-state index in [0.29, 0.717) is 29.9 Å². The molecule has 13 heavy (non-hydrogen) atoms. The Hall–Kier alpha value is -0.620. The van der Waals surface area contributed by atoms with E-state index in [4.69, 9.17) is 10.5 Å². The molecule has 2 N–H and O–H groups in total. The fourth-order valence-corrected chi connectivity index (χ4v) is 1.46. The monoisotopic (exact) mass is 246 g/mol. The summed E-state index contributed by atoms with van der Waals surface area (Å²) in [5, 5.41) is 3.98. The number of halogens is 1. The zero-order chi connectivity index (χ0) is 9.26. The summed E-state index contributed by atoms with van der Waals surface area (Å²) >= 11 is 3.25. The second-order valence-electron chi connectivity index (χ2n) is 3.03. The van der Waals surface area contributed by atoms with Crippen LogP contribution in [-0.4, -0.2) is 27.5 Å². The van der Waals surface area contributed by atoms with Crippen LogP contribution in [0.3, 0.4) is 0 Å². The molecule has 0 amide bonds. The Morgan fingerprint density at radius 2 is 2.38 bits per heavy atom. The lowest BCUT2D eigenvalue weighted by atomic mass is 10.7. The molecular weight excluding hydrogens is 236 g/mol. The van der Waals surface area contributed by atoms with Crippen molar-refractivity contribution in [1.29, 1.82) is 0 Å². The summed E-state index contributed by atoms with van der Waals surface area (Å²) in [7, 11) is 0. The number of ether oxygens (including phenoxy) is 1. The van der Waals surface area contributed by atoms with E-state index in [1.165, 1.54) is 12.8 Å². The van der Waals surface area contributed by atoms with Gasteiger partial charge >= 0.3 is 0 Å². The molecule has 72 valence electrons. The molecule has 1 aromatic heterocycles. The fraction of sp³-hybridized carbons (Fsp3) is 0.714. The molecule has 0 aromatic carbocycles. The molecule has 5 nitrogen and oxygen atoms in total. The van der Waals surface area contributed by atoms with E-state index in [-0.39, 0.29) is 0 Å². The zero-order valence-electron chi connectivity index (χ0n) is 7.11. The molecule has 0 bridgehead atoms. The molecule has 0 unspecified atom stereocenters. The van der Waals surface area contributed by atoms with Gasteiger partial charge in [-0.1, -0.05) is 0 Å². The van der Waals surface area contributed by atoms with Gasteiger partial charge < -0.3 is 10.5 Å². The van der Waals surface area contributed by atoms with Crippen molar-refractivity contribution in [3.8, 4) is 0 Å². The van der Waals surface area contributed by atoms with Crippen LogP contribution in [0.5, 0.6) is 0 Å². The van der Waals surface area contributed by atoms with Gasteiger partial charge in [0.15, 0.2) is 4.73 Å². The molecule has 0 aliphatic heterocycles. The first-order valence-electron chi connectivity index (χ1n) is 4.23. The van der Waals surface area contributed by atoms with Gasteiger partial charge in [-0.15, -0.1) is 5.10 Å². The van der Waals surface area contributed by atoms with Crippen molar-refractivity contribution in [2.45, 2.75) is 25.5 Å². The van der Waals surface area contributed by atoms with Gasteiger partial charge in [0.05, 0.1) is 19.3 Å². The number of aromatic nitrogens is 3. The SMILES string of the molecule is Nc1nc(Br)n(CCOC2CC2)n1. The van der Waals surface area contributed by atoms with E-state index < -0.39 is 0 Å². The number of hydrogen-bond acceptors (Lipinski definition) is 4. The van der Waals surface area contributed by atoms with Crippen LogP contribution in [0, 0.1) is 0 Å². The van der Waals surface area contributed by atoms with Crippen molar-refractivity contribution < 1.29 is 4.74 Å². The normalized spacial score (nSPS) is 16.4. The van der Waals surface area contributed by atoms with E-state index >= 15 is 0 Å². The van der Waals surface area contributed by atoms with E-state index in [1.807, 2.05) is 0 Å². The number of nitrogens with zero attached hydrogens (tertiary/aromatic N) is 3. The minimum atomic E-state index is 0.290. The minimum absolute atomic E-state index is 0.290. The Morgan fingerprint density at radius 1 is 1.62 bits per heavy atom. The van der Waals surface area contributed by atoms with Crippen molar-refractivity contribution >= 4 is 21.9 Å². The summed E-state index contributed by atoms with van der Waals surface area (Å²) in [5.74, 6) is 0.290. The van der Waals surface area contributed by atoms with Crippen LogP contribution in [0.25, 0.3) is 0 Å². The van der Waals surface area contributed by atoms with Crippen molar-refractivity contribution in [1.82, 2.24) is 14.8 Å². The molecule has 6 heteroatoms. The Kier molecular flexibility index (Phi) is 2.50. The number of rotatable bonds is 4. The van der Waals surface area contributed by atoms with Crippen LogP contribution in [0.2, 0.25) is 0 Å². The molecule has 0 atom stereocenters. The first-order chi connectivity index (χ1) is 6.25. The van der Waals surface area contributed by atoms with Crippen LogP contribution in [0.4, 0.5) is 5.95 Å². The minimum Gasteiger partial charge on any atom is -0.376 e. The molecule has 1 saturated carbocycles.